The minimum absolute atomic E-state index is 0.326. The summed E-state index contributed by atoms with van der Waals surface area (Å²) in [6, 6.07) is 4.97. The van der Waals surface area contributed by atoms with Gasteiger partial charge in [0.2, 0.25) is 0 Å². The molecule has 5 nitrogen and oxygen atoms in total. The Kier molecular flexibility index (Phi) is 3.20. The van der Waals surface area contributed by atoms with Crippen molar-refractivity contribution in [1.29, 1.82) is 0 Å². The van der Waals surface area contributed by atoms with Crippen LogP contribution in [-0.2, 0) is 9.47 Å². The number of methoxy groups -OCH3 is 2. The van der Waals surface area contributed by atoms with Crippen molar-refractivity contribution >= 4 is 39.0 Å². The predicted molar refractivity (Wildman–Crippen MR) is 68.9 cm³/mol. The molecule has 0 aliphatic rings. The van der Waals surface area contributed by atoms with E-state index in [0.717, 1.165) is 4.70 Å². The molecule has 1 aromatic carbocycles. The lowest BCUT2D eigenvalue weighted by molar-refractivity contribution is 0.0595. The van der Waals surface area contributed by atoms with Gasteiger partial charge in [-0.15, -0.1) is 11.3 Å². The lowest BCUT2D eigenvalue weighted by Gasteiger charge is -1.99. The van der Waals surface area contributed by atoms with Crippen LogP contribution in [0.5, 0.6) is 0 Å². The van der Waals surface area contributed by atoms with E-state index in [2.05, 4.69) is 9.47 Å². The van der Waals surface area contributed by atoms with E-state index in [4.69, 9.17) is 5.73 Å². The van der Waals surface area contributed by atoms with Gasteiger partial charge in [0.1, 0.15) is 4.88 Å². The topological polar surface area (TPSA) is 78.6 Å². The molecule has 1 aromatic heterocycles. The summed E-state index contributed by atoms with van der Waals surface area (Å²) in [4.78, 5) is 23.3. The van der Waals surface area contributed by atoms with Gasteiger partial charge in [0, 0.05) is 10.1 Å². The number of hydrogen-bond acceptors (Lipinski definition) is 6. The summed E-state index contributed by atoms with van der Waals surface area (Å²) in [6.07, 6.45) is 0. The maximum absolute atomic E-state index is 11.5. The smallest absolute Gasteiger partial charge is 0.350 e. The van der Waals surface area contributed by atoms with Crippen LogP contribution >= 0.6 is 11.3 Å². The van der Waals surface area contributed by atoms with Crippen molar-refractivity contribution in [3.05, 3.63) is 28.6 Å². The van der Waals surface area contributed by atoms with Crippen molar-refractivity contribution in [3.8, 4) is 0 Å². The lowest BCUT2D eigenvalue weighted by atomic mass is 10.1. The van der Waals surface area contributed by atoms with E-state index < -0.39 is 11.9 Å². The highest BCUT2D eigenvalue weighted by Gasteiger charge is 2.18. The maximum Gasteiger partial charge on any atom is 0.350 e. The molecule has 0 fully saturated rings. The monoisotopic (exact) mass is 265 g/mol. The van der Waals surface area contributed by atoms with Crippen molar-refractivity contribution in [3.63, 3.8) is 0 Å². The van der Waals surface area contributed by atoms with Crippen LogP contribution in [0.4, 0.5) is 5.69 Å². The van der Waals surface area contributed by atoms with E-state index in [0.29, 0.717) is 21.5 Å². The molecule has 6 heteroatoms. The van der Waals surface area contributed by atoms with Crippen molar-refractivity contribution < 1.29 is 19.1 Å². The summed E-state index contributed by atoms with van der Waals surface area (Å²) in [5, 5.41) is 0.656. The predicted octanol–water partition coefficient (Wildman–Crippen LogP) is 2.06. The first-order chi connectivity index (χ1) is 8.58. The molecule has 2 aromatic rings. The first-order valence-electron chi connectivity index (χ1n) is 5.07. The van der Waals surface area contributed by atoms with Gasteiger partial charge in [-0.3, -0.25) is 0 Å². The highest BCUT2D eigenvalue weighted by molar-refractivity contribution is 7.21. The third-order valence-electron chi connectivity index (χ3n) is 2.52. The van der Waals surface area contributed by atoms with Gasteiger partial charge in [0.05, 0.1) is 25.5 Å². The summed E-state index contributed by atoms with van der Waals surface area (Å²) in [6.45, 7) is 0. The summed E-state index contributed by atoms with van der Waals surface area (Å²) in [7, 11) is 2.61. The number of nitrogens with two attached hydrogens (primary N) is 1. The molecular weight excluding hydrogens is 254 g/mol. The molecule has 0 atom stereocenters. The zero-order chi connectivity index (χ0) is 13.3. The molecule has 94 valence electrons. The number of benzene rings is 1. The number of anilines is 1. The SMILES string of the molecule is COC(=O)c1ccc2sc(C(=O)OC)c(N)c2c1. The number of nitrogen functional groups attached to an aromatic ring is 1. The molecule has 0 aliphatic heterocycles. The average molecular weight is 265 g/mol. The number of fused-ring (bicyclic) bond motifs is 1. The third kappa shape index (κ3) is 1.91. The van der Waals surface area contributed by atoms with Gasteiger partial charge >= 0.3 is 11.9 Å². The quantitative estimate of drug-likeness (QED) is 0.841. The van der Waals surface area contributed by atoms with Gasteiger partial charge in [0.15, 0.2) is 0 Å². The van der Waals surface area contributed by atoms with Crippen LogP contribution in [0.25, 0.3) is 10.1 Å². The molecule has 0 saturated carbocycles. The first-order valence-corrected chi connectivity index (χ1v) is 5.88. The number of ether oxygens (including phenoxy) is 2. The minimum Gasteiger partial charge on any atom is -0.465 e. The fourth-order valence-electron chi connectivity index (χ4n) is 1.61. The molecular formula is C12H11NO4S. The first kappa shape index (κ1) is 12.4. The Morgan fingerprint density at radius 1 is 1.17 bits per heavy atom. The molecule has 0 saturated heterocycles. The number of carbonyl (C=O) groups excluding carboxylic acids is 2. The summed E-state index contributed by atoms with van der Waals surface area (Å²) < 4.78 is 10.1. The number of carbonyl (C=O) groups is 2. The molecule has 1 heterocycles. The zero-order valence-corrected chi connectivity index (χ0v) is 10.7. The highest BCUT2D eigenvalue weighted by atomic mass is 32.1. The Labute approximate surface area is 107 Å². The van der Waals surface area contributed by atoms with Gasteiger partial charge in [-0.1, -0.05) is 0 Å². The molecule has 0 spiro atoms. The number of rotatable bonds is 2. The zero-order valence-electron chi connectivity index (χ0n) is 9.85. The molecule has 0 amide bonds. The van der Waals surface area contributed by atoms with Gasteiger partial charge in [-0.05, 0) is 18.2 Å². The fraction of sp³-hybridized carbons (Fsp3) is 0.167. The van der Waals surface area contributed by atoms with Crippen LogP contribution in [0.1, 0.15) is 20.0 Å². The van der Waals surface area contributed by atoms with Crippen molar-refractivity contribution in [2.75, 3.05) is 20.0 Å². The van der Waals surface area contributed by atoms with Crippen molar-refractivity contribution in [1.82, 2.24) is 0 Å². The van der Waals surface area contributed by atoms with E-state index in [1.54, 1.807) is 18.2 Å². The van der Waals surface area contributed by atoms with E-state index >= 15 is 0 Å². The van der Waals surface area contributed by atoms with Crippen LogP contribution in [0.3, 0.4) is 0 Å². The Hall–Kier alpha value is -2.08. The Bertz CT molecular complexity index is 632. The van der Waals surface area contributed by atoms with Gasteiger partial charge < -0.3 is 15.2 Å². The second-order valence-corrected chi connectivity index (χ2v) is 4.59. The van der Waals surface area contributed by atoms with E-state index in [1.165, 1.54) is 25.6 Å². The summed E-state index contributed by atoms with van der Waals surface area (Å²) >= 11 is 1.23. The lowest BCUT2D eigenvalue weighted by Crippen LogP contribution is -2.02. The van der Waals surface area contributed by atoms with E-state index in [-0.39, 0.29) is 0 Å². The molecule has 0 radical (unpaired) electrons. The second kappa shape index (κ2) is 4.66. The maximum atomic E-state index is 11.5. The van der Waals surface area contributed by atoms with E-state index in [1.807, 2.05) is 0 Å². The summed E-state index contributed by atoms with van der Waals surface area (Å²) in [5.41, 5.74) is 6.60. The van der Waals surface area contributed by atoms with Crippen LogP contribution in [-0.4, -0.2) is 26.2 Å². The third-order valence-corrected chi connectivity index (χ3v) is 3.68. The fourth-order valence-corrected chi connectivity index (χ4v) is 2.63. The summed E-state index contributed by atoms with van der Waals surface area (Å²) in [5.74, 6) is -0.921. The molecule has 0 unspecified atom stereocenters. The minimum atomic E-state index is -0.478. The van der Waals surface area contributed by atoms with Crippen molar-refractivity contribution in [2.45, 2.75) is 0 Å². The van der Waals surface area contributed by atoms with Crippen LogP contribution in [0.15, 0.2) is 18.2 Å². The van der Waals surface area contributed by atoms with Gasteiger partial charge in [-0.25, -0.2) is 9.59 Å². The Morgan fingerprint density at radius 2 is 1.83 bits per heavy atom. The Balaban J connectivity index is 2.60. The normalized spacial score (nSPS) is 10.3. The van der Waals surface area contributed by atoms with Crippen LogP contribution in [0.2, 0.25) is 0 Å². The largest absolute Gasteiger partial charge is 0.465 e. The van der Waals surface area contributed by atoms with Gasteiger partial charge in [-0.2, -0.15) is 0 Å². The number of hydrogen-bond donors (Lipinski definition) is 1. The Morgan fingerprint density at radius 3 is 2.44 bits per heavy atom. The number of esters is 2. The molecule has 0 bridgehead atoms. The van der Waals surface area contributed by atoms with Crippen LogP contribution < -0.4 is 5.73 Å². The average Bonchev–Trinajstić information content (AvgIpc) is 2.74. The molecule has 2 rings (SSSR count). The van der Waals surface area contributed by atoms with E-state index in [9.17, 15) is 9.59 Å². The van der Waals surface area contributed by atoms with Crippen molar-refractivity contribution in [2.24, 2.45) is 0 Å². The number of thiophene rings is 1. The second-order valence-electron chi connectivity index (χ2n) is 3.54. The van der Waals surface area contributed by atoms with Crippen LogP contribution in [0, 0.1) is 0 Å². The molecule has 18 heavy (non-hydrogen) atoms. The molecule has 2 N–H and O–H groups in total. The highest BCUT2D eigenvalue weighted by Crippen LogP contribution is 2.34. The molecule has 0 aliphatic carbocycles. The standard InChI is InChI=1S/C12H11NO4S/c1-16-11(14)6-3-4-8-7(5-6)9(13)10(18-8)12(15)17-2/h3-5H,13H2,1-2H3. The van der Waals surface area contributed by atoms with Gasteiger partial charge in [0.25, 0.3) is 0 Å².